The SMILES string of the molecule is Cc1ccc(NC(=O)C[NH2+]CCCN2CCCC2=O)cc1S(=O)(=O)N(C)C. The van der Waals surface area contributed by atoms with Crippen LogP contribution in [0.4, 0.5) is 5.69 Å². The molecule has 3 N–H and O–H groups in total. The first-order valence-electron chi connectivity index (χ1n) is 9.14. The maximum Gasteiger partial charge on any atom is 0.279 e. The average Bonchev–Trinajstić information content (AvgIpc) is 3.01. The fourth-order valence-corrected chi connectivity index (χ4v) is 4.11. The standard InChI is InChI=1S/C18H28N4O4S/c1-14-7-8-15(12-16(14)27(25,26)21(2)3)20-17(23)13-19-9-5-11-22-10-4-6-18(22)24/h7-8,12,19H,4-6,9-11,13H2,1-3H3,(H,20,23)/p+1. The third kappa shape index (κ3) is 5.75. The number of amides is 2. The number of quaternary nitrogens is 1. The number of carbonyl (C=O) groups excluding carboxylic acids is 2. The lowest BCUT2D eigenvalue weighted by Crippen LogP contribution is -2.86. The average molecular weight is 398 g/mol. The number of nitrogens with zero attached hydrogens (tertiary/aromatic N) is 2. The van der Waals surface area contributed by atoms with Crippen LogP contribution in [0, 0.1) is 6.92 Å². The van der Waals surface area contributed by atoms with Crippen LogP contribution in [-0.4, -0.2) is 69.7 Å². The minimum atomic E-state index is -3.56. The van der Waals surface area contributed by atoms with E-state index in [1.165, 1.54) is 20.2 Å². The van der Waals surface area contributed by atoms with E-state index in [0.717, 1.165) is 36.8 Å². The van der Waals surface area contributed by atoms with Crippen LogP contribution in [0.5, 0.6) is 0 Å². The molecule has 0 unspecified atom stereocenters. The van der Waals surface area contributed by atoms with E-state index in [-0.39, 0.29) is 23.3 Å². The van der Waals surface area contributed by atoms with Crippen molar-refractivity contribution in [1.82, 2.24) is 9.21 Å². The summed E-state index contributed by atoms with van der Waals surface area (Å²) < 4.78 is 25.8. The summed E-state index contributed by atoms with van der Waals surface area (Å²) in [7, 11) is -0.607. The van der Waals surface area contributed by atoms with E-state index < -0.39 is 10.0 Å². The molecule has 8 nitrogen and oxygen atoms in total. The normalized spacial score (nSPS) is 14.8. The first-order valence-corrected chi connectivity index (χ1v) is 10.6. The van der Waals surface area contributed by atoms with Gasteiger partial charge in [-0.2, -0.15) is 0 Å². The van der Waals surface area contributed by atoms with Gasteiger partial charge in [0.15, 0.2) is 6.54 Å². The monoisotopic (exact) mass is 397 g/mol. The minimum Gasteiger partial charge on any atom is -0.342 e. The fourth-order valence-electron chi connectivity index (χ4n) is 2.96. The Hall–Kier alpha value is -1.97. The number of nitrogens with one attached hydrogen (secondary N) is 1. The number of anilines is 1. The summed E-state index contributed by atoms with van der Waals surface area (Å²) in [6.45, 7) is 4.30. The smallest absolute Gasteiger partial charge is 0.279 e. The van der Waals surface area contributed by atoms with Crippen LogP contribution in [0.1, 0.15) is 24.8 Å². The van der Waals surface area contributed by atoms with E-state index in [4.69, 9.17) is 0 Å². The number of carbonyl (C=O) groups is 2. The van der Waals surface area contributed by atoms with Gasteiger partial charge in [0.05, 0.1) is 11.4 Å². The Bertz CT molecular complexity index is 793. The molecule has 0 saturated carbocycles. The van der Waals surface area contributed by atoms with Crippen molar-refractivity contribution in [2.24, 2.45) is 0 Å². The third-order valence-corrected chi connectivity index (χ3v) is 6.52. The van der Waals surface area contributed by atoms with Crippen molar-refractivity contribution in [2.75, 3.05) is 45.6 Å². The Balaban J connectivity index is 1.81. The van der Waals surface area contributed by atoms with Crippen molar-refractivity contribution in [2.45, 2.75) is 31.1 Å². The second kappa shape index (κ2) is 9.29. The highest BCUT2D eigenvalue weighted by Crippen LogP contribution is 2.22. The predicted molar refractivity (Wildman–Crippen MR) is 103 cm³/mol. The number of sulfonamides is 1. The molecule has 27 heavy (non-hydrogen) atoms. The molecule has 1 aliphatic heterocycles. The molecule has 0 bridgehead atoms. The molecule has 1 aromatic rings. The molecular formula is C18H29N4O4S+. The summed E-state index contributed by atoms with van der Waals surface area (Å²) in [4.78, 5) is 25.7. The van der Waals surface area contributed by atoms with E-state index in [9.17, 15) is 18.0 Å². The molecule has 2 rings (SSSR count). The Labute approximate surface area is 161 Å². The van der Waals surface area contributed by atoms with Crippen LogP contribution < -0.4 is 10.6 Å². The van der Waals surface area contributed by atoms with Gasteiger partial charge in [0, 0.05) is 45.7 Å². The van der Waals surface area contributed by atoms with E-state index in [0.29, 0.717) is 17.7 Å². The van der Waals surface area contributed by atoms with Gasteiger partial charge in [-0.05, 0) is 31.0 Å². The molecule has 1 saturated heterocycles. The second-order valence-corrected chi connectivity index (χ2v) is 9.06. The molecule has 0 atom stereocenters. The van der Waals surface area contributed by atoms with Crippen LogP contribution >= 0.6 is 0 Å². The summed E-state index contributed by atoms with van der Waals surface area (Å²) >= 11 is 0. The van der Waals surface area contributed by atoms with E-state index in [2.05, 4.69) is 5.32 Å². The summed E-state index contributed by atoms with van der Waals surface area (Å²) in [5, 5.41) is 4.63. The molecule has 9 heteroatoms. The van der Waals surface area contributed by atoms with Crippen LogP contribution in [0.3, 0.4) is 0 Å². The highest BCUT2D eigenvalue weighted by molar-refractivity contribution is 7.89. The number of likely N-dealkylation sites (tertiary alicyclic amines) is 1. The maximum absolute atomic E-state index is 12.3. The second-order valence-electron chi connectivity index (χ2n) is 6.94. The fraction of sp³-hybridized carbons (Fsp3) is 0.556. The van der Waals surface area contributed by atoms with Gasteiger partial charge in [-0.1, -0.05) is 6.07 Å². The molecule has 0 spiro atoms. The molecule has 150 valence electrons. The van der Waals surface area contributed by atoms with Crippen molar-refractivity contribution in [3.8, 4) is 0 Å². The van der Waals surface area contributed by atoms with Crippen LogP contribution in [0.2, 0.25) is 0 Å². The number of rotatable bonds is 9. The van der Waals surface area contributed by atoms with Crippen molar-refractivity contribution < 1.29 is 23.3 Å². The van der Waals surface area contributed by atoms with Gasteiger partial charge in [0.2, 0.25) is 15.9 Å². The Morgan fingerprint density at radius 3 is 2.70 bits per heavy atom. The van der Waals surface area contributed by atoms with E-state index in [1.54, 1.807) is 19.1 Å². The van der Waals surface area contributed by atoms with Crippen molar-refractivity contribution in [3.63, 3.8) is 0 Å². The summed E-state index contributed by atoms with van der Waals surface area (Å²) in [6.07, 6.45) is 2.43. The molecule has 1 fully saturated rings. The van der Waals surface area contributed by atoms with E-state index >= 15 is 0 Å². The van der Waals surface area contributed by atoms with Crippen LogP contribution in [0.15, 0.2) is 23.1 Å². The number of hydrogen-bond donors (Lipinski definition) is 2. The van der Waals surface area contributed by atoms with Gasteiger partial charge in [-0.15, -0.1) is 0 Å². The first kappa shape index (κ1) is 21.3. The Kier molecular flexibility index (Phi) is 7.34. The van der Waals surface area contributed by atoms with E-state index in [1.807, 2.05) is 10.2 Å². The lowest BCUT2D eigenvalue weighted by molar-refractivity contribution is -0.643. The number of benzene rings is 1. The quantitative estimate of drug-likeness (QED) is 0.561. The van der Waals surface area contributed by atoms with Gasteiger partial charge in [-0.25, -0.2) is 12.7 Å². The lowest BCUT2D eigenvalue weighted by atomic mass is 10.2. The molecule has 1 aromatic carbocycles. The predicted octanol–water partition coefficient (Wildman–Crippen LogP) is -0.240. The van der Waals surface area contributed by atoms with Crippen LogP contribution in [-0.2, 0) is 19.6 Å². The lowest BCUT2D eigenvalue weighted by Gasteiger charge is -2.15. The number of hydrogen-bond acceptors (Lipinski definition) is 4. The van der Waals surface area contributed by atoms with Gasteiger partial charge in [-0.3, -0.25) is 9.59 Å². The highest BCUT2D eigenvalue weighted by atomic mass is 32.2. The Morgan fingerprint density at radius 1 is 1.33 bits per heavy atom. The first-order chi connectivity index (χ1) is 12.7. The molecular weight excluding hydrogens is 368 g/mol. The number of nitrogens with two attached hydrogens (primary N) is 1. The van der Waals surface area contributed by atoms with Gasteiger partial charge >= 0.3 is 0 Å². The zero-order valence-electron chi connectivity index (χ0n) is 16.2. The van der Waals surface area contributed by atoms with Crippen molar-refractivity contribution >= 4 is 27.5 Å². The third-order valence-electron chi connectivity index (χ3n) is 4.57. The van der Waals surface area contributed by atoms with Gasteiger partial charge in [0.1, 0.15) is 0 Å². The molecule has 0 radical (unpaired) electrons. The molecule has 2 amide bonds. The summed E-state index contributed by atoms with van der Waals surface area (Å²) in [6, 6.07) is 4.87. The van der Waals surface area contributed by atoms with Gasteiger partial charge in [0.25, 0.3) is 5.91 Å². The molecule has 0 aromatic heterocycles. The zero-order chi connectivity index (χ0) is 20.0. The summed E-state index contributed by atoms with van der Waals surface area (Å²) in [5.41, 5.74) is 1.09. The minimum absolute atomic E-state index is 0.185. The van der Waals surface area contributed by atoms with Gasteiger partial charge < -0.3 is 15.5 Å². The molecule has 0 aliphatic carbocycles. The Morgan fingerprint density at radius 2 is 2.07 bits per heavy atom. The molecule has 1 aliphatic rings. The van der Waals surface area contributed by atoms with Crippen molar-refractivity contribution in [3.05, 3.63) is 23.8 Å². The molecule has 1 heterocycles. The maximum atomic E-state index is 12.3. The number of aryl methyl sites for hydroxylation is 1. The largest absolute Gasteiger partial charge is 0.342 e. The van der Waals surface area contributed by atoms with Crippen molar-refractivity contribution in [1.29, 1.82) is 0 Å². The summed E-state index contributed by atoms with van der Waals surface area (Å²) in [5.74, 6) is 0.0277. The zero-order valence-corrected chi connectivity index (χ0v) is 17.0. The highest BCUT2D eigenvalue weighted by Gasteiger charge is 2.21. The van der Waals surface area contributed by atoms with Crippen LogP contribution in [0.25, 0.3) is 0 Å². The topological polar surface area (TPSA) is 103 Å².